The van der Waals surface area contributed by atoms with E-state index in [1.807, 2.05) is 0 Å². The average molecular weight is 413 g/mol. The molecule has 0 fully saturated rings. The molecule has 9 heteroatoms. The summed E-state index contributed by atoms with van der Waals surface area (Å²) < 4.78 is 32.7. The van der Waals surface area contributed by atoms with Gasteiger partial charge in [0.2, 0.25) is 5.88 Å². The Kier molecular flexibility index (Phi) is 5.13. The van der Waals surface area contributed by atoms with Crippen molar-refractivity contribution in [3.63, 3.8) is 0 Å². The first-order valence-electron chi connectivity index (χ1n) is 9.31. The zero-order chi connectivity index (χ0) is 21.4. The SMILES string of the molecule is COC(=O)C1=Cc2c(ccc(Oc3ncnn4cc(OC[C@H](C)O)c(C)c34)c2F)C1. The molecule has 2 aromatic heterocycles. The standard InChI is InChI=1S/C21H20FN3O5/c1-11(26)9-29-17-8-25-19(12(17)2)20(23-10-24-25)30-16-5-4-13-6-14(21(27)28-3)7-15(13)18(16)22/h4-5,7-8,10-11,26H,6,9H2,1-3H3/t11-/m0/s1. The highest BCUT2D eigenvalue weighted by Crippen LogP contribution is 2.36. The number of ether oxygens (including phenoxy) is 3. The molecule has 0 aliphatic heterocycles. The lowest BCUT2D eigenvalue weighted by atomic mass is 10.1. The van der Waals surface area contributed by atoms with Crippen molar-refractivity contribution in [1.29, 1.82) is 0 Å². The molecule has 0 unspecified atom stereocenters. The van der Waals surface area contributed by atoms with Crippen LogP contribution < -0.4 is 9.47 Å². The average Bonchev–Trinajstić information content (AvgIpc) is 3.30. The van der Waals surface area contributed by atoms with Crippen LogP contribution in [-0.2, 0) is 16.0 Å². The summed E-state index contributed by atoms with van der Waals surface area (Å²) in [4.78, 5) is 15.9. The van der Waals surface area contributed by atoms with Crippen LogP contribution in [0.5, 0.6) is 17.4 Å². The summed E-state index contributed by atoms with van der Waals surface area (Å²) in [7, 11) is 1.29. The first-order valence-corrected chi connectivity index (χ1v) is 9.31. The Balaban J connectivity index is 1.69. The third-order valence-electron chi connectivity index (χ3n) is 4.82. The highest BCUT2D eigenvalue weighted by atomic mass is 19.1. The van der Waals surface area contributed by atoms with Crippen molar-refractivity contribution in [3.05, 3.63) is 52.7 Å². The van der Waals surface area contributed by atoms with Gasteiger partial charge in [0.25, 0.3) is 0 Å². The fourth-order valence-corrected chi connectivity index (χ4v) is 3.33. The van der Waals surface area contributed by atoms with Gasteiger partial charge in [-0.15, -0.1) is 0 Å². The molecule has 0 amide bonds. The summed E-state index contributed by atoms with van der Waals surface area (Å²) >= 11 is 0. The van der Waals surface area contributed by atoms with E-state index in [1.54, 1.807) is 26.1 Å². The maximum atomic E-state index is 15.1. The number of carbonyl (C=O) groups is 1. The number of fused-ring (bicyclic) bond motifs is 2. The van der Waals surface area contributed by atoms with Crippen molar-refractivity contribution in [3.8, 4) is 17.4 Å². The smallest absolute Gasteiger partial charge is 0.334 e. The van der Waals surface area contributed by atoms with Gasteiger partial charge in [0, 0.05) is 23.1 Å². The van der Waals surface area contributed by atoms with E-state index in [0.717, 1.165) is 0 Å². The maximum absolute atomic E-state index is 15.1. The summed E-state index contributed by atoms with van der Waals surface area (Å²) in [6.45, 7) is 3.54. The molecule has 0 saturated carbocycles. The van der Waals surface area contributed by atoms with E-state index >= 15 is 4.39 Å². The number of hydrogen-bond donors (Lipinski definition) is 1. The molecule has 1 atom stereocenters. The number of hydrogen-bond acceptors (Lipinski definition) is 7. The summed E-state index contributed by atoms with van der Waals surface area (Å²) in [6, 6.07) is 3.21. The number of carbonyl (C=O) groups excluding carboxylic acids is 1. The lowest BCUT2D eigenvalue weighted by Gasteiger charge is -2.10. The van der Waals surface area contributed by atoms with Gasteiger partial charge in [0.15, 0.2) is 11.6 Å². The number of methoxy groups -OCH3 is 1. The normalized spacial score (nSPS) is 13.7. The summed E-state index contributed by atoms with van der Waals surface area (Å²) in [6.07, 6.45) is 4.09. The minimum Gasteiger partial charge on any atom is -0.489 e. The van der Waals surface area contributed by atoms with E-state index in [9.17, 15) is 9.90 Å². The molecule has 3 aromatic rings. The number of benzene rings is 1. The Labute approximate surface area is 171 Å². The van der Waals surface area contributed by atoms with Crippen LogP contribution >= 0.6 is 0 Å². The largest absolute Gasteiger partial charge is 0.489 e. The minimum atomic E-state index is -0.627. The van der Waals surface area contributed by atoms with Crippen molar-refractivity contribution >= 4 is 17.6 Å². The predicted octanol–water partition coefficient (Wildman–Crippen LogP) is 2.84. The monoisotopic (exact) mass is 413 g/mol. The van der Waals surface area contributed by atoms with E-state index in [-0.39, 0.29) is 18.2 Å². The molecule has 4 rings (SSSR count). The molecule has 1 N–H and O–H groups in total. The Morgan fingerprint density at radius 2 is 2.17 bits per heavy atom. The lowest BCUT2D eigenvalue weighted by molar-refractivity contribution is -0.136. The van der Waals surface area contributed by atoms with Gasteiger partial charge >= 0.3 is 5.97 Å². The molecule has 1 aromatic carbocycles. The molecule has 1 aliphatic carbocycles. The number of aliphatic hydroxyl groups excluding tert-OH is 1. The number of aryl methyl sites for hydroxylation is 1. The topological polar surface area (TPSA) is 95.2 Å². The second-order valence-corrected chi connectivity index (χ2v) is 7.03. The third-order valence-corrected chi connectivity index (χ3v) is 4.82. The molecule has 1 aliphatic rings. The number of rotatable bonds is 6. The van der Waals surface area contributed by atoms with Crippen molar-refractivity contribution in [2.75, 3.05) is 13.7 Å². The number of nitrogens with zero attached hydrogens (tertiary/aromatic N) is 3. The minimum absolute atomic E-state index is 0.0243. The number of aliphatic hydroxyl groups is 1. The van der Waals surface area contributed by atoms with Crippen LogP contribution in [0.15, 0.2) is 30.2 Å². The first-order chi connectivity index (χ1) is 14.4. The van der Waals surface area contributed by atoms with Gasteiger partial charge in [0.05, 0.1) is 19.4 Å². The van der Waals surface area contributed by atoms with Crippen LogP contribution in [-0.4, -0.2) is 45.5 Å². The Morgan fingerprint density at radius 3 is 2.90 bits per heavy atom. The van der Waals surface area contributed by atoms with E-state index in [1.165, 1.54) is 30.1 Å². The van der Waals surface area contributed by atoms with E-state index < -0.39 is 17.9 Å². The van der Waals surface area contributed by atoms with Crippen LogP contribution in [0.25, 0.3) is 11.6 Å². The number of aromatic nitrogens is 3. The number of halogens is 1. The molecule has 156 valence electrons. The maximum Gasteiger partial charge on any atom is 0.334 e. The van der Waals surface area contributed by atoms with Crippen molar-refractivity contribution in [2.45, 2.75) is 26.4 Å². The van der Waals surface area contributed by atoms with Gasteiger partial charge in [-0.3, -0.25) is 0 Å². The Hall–Kier alpha value is -3.46. The summed E-state index contributed by atoms with van der Waals surface area (Å²) in [5.41, 5.74) is 2.58. The molecule has 0 saturated heterocycles. The second kappa shape index (κ2) is 7.75. The molecule has 8 nitrogen and oxygen atoms in total. The quantitative estimate of drug-likeness (QED) is 0.621. The highest BCUT2D eigenvalue weighted by molar-refractivity contribution is 5.96. The van der Waals surface area contributed by atoms with Crippen molar-refractivity contribution < 1.29 is 28.5 Å². The molecule has 30 heavy (non-hydrogen) atoms. The highest BCUT2D eigenvalue weighted by Gasteiger charge is 2.25. The van der Waals surface area contributed by atoms with Crippen LogP contribution in [0.3, 0.4) is 0 Å². The van der Waals surface area contributed by atoms with Gasteiger partial charge in [-0.1, -0.05) is 6.07 Å². The fourth-order valence-electron chi connectivity index (χ4n) is 3.33. The van der Waals surface area contributed by atoms with Crippen molar-refractivity contribution in [1.82, 2.24) is 14.6 Å². The van der Waals surface area contributed by atoms with Crippen molar-refractivity contribution in [2.24, 2.45) is 0 Å². The van der Waals surface area contributed by atoms with Crippen LogP contribution in [0.2, 0.25) is 0 Å². The Morgan fingerprint density at radius 1 is 1.37 bits per heavy atom. The molecule has 0 spiro atoms. The third kappa shape index (κ3) is 3.48. The lowest BCUT2D eigenvalue weighted by Crippen LogP contribution is -2.12. The number of esters is 1. The van der Waals surface area contributed by atoms with Gasteiger partial charge in [-0.2, -0.15) is 10.1 Å². The molecule has 0 bridgehead atoms. The molecule has 2 heterocycles. The van der Waals surface area contributed by atoms with Gasteiger partial charge < -0.3 is 19.3 Å². The molecular weight excluding hydrogens is 393 g/mol. The second-order valence-electron chi connectivity index (χ2n) is 7.03. The summed E-state index contributed by atoms with van der Waals surface area (Å²) in [5.74, 6) is -0.425. The van der Waals surface area contributed by atoms with Crippen LogP contribution in [0.4, 0.5) is 4.39 Å². The van der Waals surface area contributed by atoms with E-state index in [0.29, 0.717) is 40.0 Å². The zero-order valence-electron chi connectivity index (χ0n) is 16.7. The van der Waals surface area contributed by atoms with E-state index in [4.69, 9.17) is 14.2 Å². The van der Waals surface area contributed by atoms with Gasteiger partial charge in [-0.25, -0.2) is 13.7 Å². The van der Waals surface area contributed by atoms with Crippen LogP contribution in [0, 0.1) is 12.7 Å². The summed E-state index contributed by atoms with van der Waals surface area (Å²) in [5, 5.41) is 13.6. The fraction of sp³-hybridized carbons (Fsp3) is 0.286. The van der Waals surface area contributed by atoms with Gasteiger partial charge in [-0.05, 0) is 31.6 Å². The van der Waals surface area contributed by atoms with Crippen LogP contribution in [0.1, 0.15) is 23.6 Å². The molecular formula is C21H20FN3O5. The molecule has 0 radical (unpaired) electrons. The van der Waals surface area contributed by atoms with E-state index in [2.05, 4.69) is 10.1 Å². The van der Waals surface area contributed by atoms with Gasteiger partial charge in [0.1, 0.15) is 24.2 Å². The predicted molar refractivity (Wildman–Crippen MR) is 105 cm³/mol. The first kappa shape index (κ1) is 19.8. The zero-order valence-corrected chi connectivity index (χ0v) is 16.7. The Bertz CT molecular complexity index is 1170.